The number of hydrogen-bond acceptors (Lipinski definition) is 3. The lowest BCUT2D eigenvalue weighted by atomic mass is 10.2. The van der Waals surface area contributed by atoms with Gasteiger partial charge < -0.3 is 5.73 Å². The third kappa shape index (κ3) is 3.50. The summed E-state index contributed by atoms with van der Waals surface area (Å²) in [6.45, 7) is 3.88. The number of hydrogen-bond donors (Lipinski definition) is 1. The van der Waals surface area contributed by atoms with Crippen molar-refractivity contribution in [2.45, 2.75) is 13.8 Å². The van der Waals surface area contributed by atoms with Crippen LogP contribution in [-0.4, -0.2) is 31.4 Å². The predicted molar refractivity (Wildman–Crippen MR) is 82.6 cm³/mol. The van der Waals surface area contributed by atoms with E-state index in [0.29, 0.717) is 11.5 Å². The average molecular weight is 309 g/mol. The van der Waals surface area contributed by atoms with Crippen LogP contribution in [0.25, 0.3) is 0 Å². The molecule has 0 spiro atoms. The molecule has 96 valence electrons. The quantitative estimate of drug-likeness (QED) is 0.677. The first-order valence-corrected chi connectivity index (χ1v) is 6.30. The smallest absolute Gasteiger partial charge is 0.151 e. The van der Waals surface area contributed by atoms with Gasteiger partial charge in [-0.05, 0) is 31.5 Å². The second-order valence-corrected chi connectivity index (χ2v) is 4.67. The number of nitrogens with two attached hydrogens (primary N) is 1. The Morgan fingerprint density at radius 2 is 1.89 bits per heavy atom. The summed E-state index contributed by atoms with van der Waals surface area (Å²) in [5, 5.41) is 0. The van der Waals surface area contributed by atoms with Crippen molar-refractivity contribution in [3.8, 4) is 0 Å². The molecular formula is C13H17BrN4. The van der Waals surface area contributed by atoms with E-state index in [1.807, 2.05) is 32.0 Å². The van der Waals surface area contributed by atoms with Gasteiger partial charge in [0.1, 0.15) is 5.71 Å². The highest BCUT2D eigenvalue weighted by atomic mass is 79.9. The summed E-state index contributed by atoms with van der Waals surface area (Å²) in [5.74, 6) is 0.372. The molecule has 0 aliphatic heterocycles. The van der Waals surface area contributed by atoms with Gasteiger partial charge >= 0.3 is 0 Å². The van der Waals surface area contributed by atoms with Crippen molar-refractivity contribution in [2.75, 3.05) is 14.1 Å². The van der Waals surface area contributed by atoms with E-state index in [0.717, 1.165) is 21.4 Å². The summed E-state index contributed by atoms with van der Waals surface area (Å²) in [7, 11) is 3.38. The summed E-state index contributed by atoms with van der Waals surface area (Å²) in [4.78, 5) is 12.5. The lowest BCUT2D eigenvalue weighted by Crippen LogP contribution is -2.29. The van der Waals surface area contributed by atoms with Crippen LogP contribution in [-0.2, 0) is 0 Å². The van der Waals surface area contributed by atoms with E-state index >= 15 is 0 Å². The number of aliphatic imine (C=N–C) groups is 3. The highest BCUT2D eigenvalue weighted by Gasteiger charge is 2.07. The number of halogens is 1. The molecule has 0 fully saturated rings. The molecular weight excluding hydrogens is 292 g/mol. The Balaban J connectivity index is 3.12. The Kier molecular flexibility index (Phi) is 5.22. The molecule has 1 aromatic rings. The highest BCUT2D eigenvalue weighted by molar-refractivity contribution is 9.10. The van der Waals surface area contributed by atoms with Crippen molar-refractivity contribution in [1.82, 2.24) is 0 Å². The minimum atomic E-state index is 0.372. The minimum Gasteiger partial charge on any atom is -0.382 e. The molecule has 0 aliphatic rings. The first kappa shape index (κ1) is 14.6. The molecule has 4 nitrogen and oxygen atoms in total. The molecule has 2 N–H and O–H groups in total. The standard InChI is InChI=1S/C13H17BrN4/c1-8-5-6-10(7-11(8)14)18-13(15)12(17-4)9(2)16-3/h5-7H,1-4H3,(H2,15,18). The van der Waals surface area contributed by atoms with Crippen molar-refractivity contribution in [2.24, 2.45) is 20.7 Å². The van der Waals surface area contributed by atoms with E-state index in [-0.39, 0.29) is 0 Å². The van der Waals surface area contributed by atoms with Crippen molar-refractivity contribution in [1.29, 1.82) is 0 Å². The summed E-state index contributed by atoms with van der Waals surface area (Å²) in [5.41, 5.74) is 9.28. The Morgan fingerprint density at radius 1 is 1.22 bits per heavy atom. The topological polar surface area (TPSA) is 63.1 Å². The minimum absolute atomic E-state index is 0.372. The van der Waals surface area contributed by atoms with Crippen molar-refractivity contribution in [3.05, 3.63) is 28.2 Å². The molecule has 0 saturated heterocycles. The zero-order valence-corrected chi connectivity index (χ0v) is 12.6. The first-order chi connectivity index (χ1) is 8.49. The van der Waals surface area contributed by atoms with Crippen LogP contribution in [0.15, 0.2) is 37.6 Å². The van der Waals surface area contributed by atoms with Crippen LogP contribution in [0.2, 0.25) is 0 Å². The van der Waals surface area contributed by atoms with Crippen LogP contribution in [0.3, 0.4) is 0 Å². The van der Waals surface area contributed by atoms with E-state index in [4.69, 9.17) is 5.73 Å². The zero-order valence-electron chi connectivity index (χ0n) is 11.0. The monoisotopic (exact) mass is 308 g/mol. The second kappa shape index (κ2) is 6.44. The van der Waals surface area contributed by atoms with E-state index in [1.165, 1.54) is 0 Å². The van der Waals surface area contributed by atoms with E-state index in [9.17, 15) is 0 Å². The second-order valence-electron chi connectivity index (χ2n) is 3.81. The van der Waals surface area contributed by atoms with Crippen molar-refractivity contribution >= 4 is 38.9 Å². The van der Waals surface area contributed by atoms with Crippen LogP contribution in [0, 0.1) is 6.92 Å². The molecule has 5 heteroatoms. The van der Waals surface area contributed by atoms with Crippen molar-refractivity contribution in [3.63, 3.8) is 0 Å². The van der Waals surface area contributed by atoms with E-state index < -0.39 is 0 Å². The number of aryl methyl sites for hydroxylation is 1. The molecule has 0 radical (unpaired) electrons. The molecule has 1 aromatic carbocycles. The van der Waals surface area contributed by atoms with Gasteiger partial charge in [-0.15, -0.1) is 0 Å². The van der Waals surface area contributed by atoms with Gasteiger partial charge in [0.25, 0.3) is 0 Å². The van der Waals surface area contributed by atoms with Crippen LogP contribution >= 0.6 is 15.9 Å². The lowest BCUT2D eigenvalue weighted by molar-refractivity contribution is 1.38. The Labute approximate surface area is 116 Å². The molecule has 0 unspecified atom stereocenters. The summed E-state index contributed by atoms with van der Waals surface area (Å²) in [6, 6.07) is 5.83. The van der Waals surface area contributed by atoms with Gasteiger partial charge in [0, 0.05) is 18.6 Å². The number of amidine groups is 1. The van der Waals surface area contributed by atoms with Gasteiger partial charge in [-0.25, -0.2) is 4.99 Å². The molecule has 0 amide bonds. The van der Waals surface area contributed by atoms with E-state index in [2.05, 4.69) is 30.9 Å². The first-order valence-electron chi connectivity index (χ1n) is 5.50. The Hall–Kier alpha value is -1.49. The zero-order chi connectivity index (χ0) is 13.7. The van der Waals surface area contributed by atoms with Crippen LogP contribution in [0.5, 0.6) is 0 Å². The Morgan fingerprint density at radius 3 is 2.39 bits per heavy atom. The van der Waals surface area contributed by atoms with Crippen LogP contribution in [0.1, 0.15) is 12.5 Å². The van der Waals surface area contributed by atoms with Crippen LogP contribution in [0.4, 0.5) is 5.69 Å². The van der Waals surface area contributed by atoms with Gasteiger partial charge in [0.2, 0.25) is 0 Å². The molecule has 0 bridgehead atoms. The fourth-order valence-corrected chi connectivity index (χ4v) is 1.78. The molecule has 0 saturated carbocycles. The van der Waals surface area contributed by atoms with Gasteiger partial charge in [-0.1, -0.05) is 22.0 Å². The summed E-state index contributed by atoms with van der Waals surface area (Å²) in [6.07, 6.45) is 0. The SMILES string of the molecule is CN=C(C)C(=NC)C(N)=Nc1ccc(C)c(Br)c1. The van der Waals surface area contributed by atoms with Crippen LogP contribution < -0.4 is 5.73 Å². The maximum Gasteiger partial charge on any atom is 0.151 e. The maximum atomic E-state index is 5.95. The third-order valence-electron chi connectivity index (χ3n) is 2.55. The van der Waals surface area contributed by atoms with Gasteiger partial charge in [-0.2, -0.15) is 0 Å². The van der Waals surface area contributed by atoms with Gasteiger partial charge in [-0.3, -0.25) is 9.98 Å². The Bertz CT molecular complexity index is 530. The van der Waals surface area contributed by atoms with Crippen molar-refractivity contribution < 1.29 is 0 Å². The number of rotatable bonds is 3. The molecule has 1 rings (SSSR count). The maximum absolute atomic E-state index is 5.95. The fraction of sp³-hybridized carbons (Fsp3) is 0.308. The summed E-state index contributed by atoms with van der Waals surface area (Å²) >= 11 is 3.47. The van der Waals surface area contributed by atoms with E-state index in [1.54, 1.807) is 14.1 Å². The number of nitrogens with zero attached hydrogens (tertiary/aromatic N) is 3. The lowest BCUT2D eigenvalue weighted by Gasteiger charge is -2.05. The fourth-order valence-electron chi connectivity index (χ4n) is 1.41. The molecule has 0 aromatic heterocycles. The molecule has 0 aliphatic carbocycles. The largest absolute Gasteiger partial charge is 0.382 e. The molecule has 0 heterocycles. The highest BCUT2D eigenvalue weighted by Crippen LogP contribution is 2.22. The van der Waals surface area contributed by atoms with Gasteiger partial charge in [0.15, 0.2) is 5.84 Å². The normalized spacial score (nSPS) is 13.9. The van der Waals surface area contributed by atoms with Gasteiger partial charge in [0.05, 0.1) is 11.4 Å². The molecule has 0 atom stereocenters. The predicted octanol–water partition coefficient (Wildman–Crippen LogP) is 2.91. The number of benzene rings is 1. The molecule has 18 heavy (non-hydrogen) atoms. The third-order valence-corrected chi connectivity index (χ3v) is 3.40. The average Bonchev–Trinajstić information content (AvgIpc) is 2.34. The summed E-state index contributed by atoms with van der Waals surface area (Å²) < 4.78 is 1.01.